The fourth-order valence-electron chi connectivity index (χ4n) is 1.67. The number of carboxylic acids is 1. The molecule has 17 heavy (non-hydrogen) atoms. The van der Waals surface area contributed by atoms with Gasteiger partial charge in [-0.25, -0.2) is 0 Å². The lowest BCUT2D eigenvalue weighted by Gasteiger charge is -2.26. The molecule has 0 aliphatic rings. The summed E-state index contributed by atoms with van der Waals surface area (Å²) in [7, 11) is 0. The summed E-state index contributed by atoms with van der Waals surface area (Å²) in [6.07, 6.45) is 1.47. The molecule has 0 spiro atoms. The Hall–Kier alpha value is -0.870. The number of halogens is 1. The zero-order valence-corrected chi connectivity index (χ0v) is 11.8. The average Bonchev–Trinajstić information content (AvgIpc) is 2.28. The molecule has 1 aromatic rings. The minimum absolute atomic E-state index is 0.566. The van der Waals surface area contributed by atoms with Crippen LogP contribution in [0.5, 0.6) is 0 Å². The number of hydrogen-bond donors (Lipinski definition) is 2. The smallest absolute Gasteiger partial charge is 0.323 e. The van der Waals surface area contributed by atoms with E-state index in [2.05, 4.69) is 21.2 Å². The molecular weight excluding hydrogens is 282 g/mol. The molecule has 0 bridgehead atoms. The molecule has 0 saturated heterocycles. The van der Waals surface area contributed by atoms with Gasteiger partial charge in [-0.1, -0.05) is 41.4 Å². The van der Waals surface area contributed by atoms with Gasteiger partial charge < -0.3 is 5.11 Å². The van der Waals surface area contributed by atoms with Crippen LogP contribution in [0.3, 0.4) is 0 Å². The van der Waals surface area contributed by atoms with Gasteiger partial charge in [0, 0.05) is 11.0 Å². The predicted molar refractivity (Wildman–Crippen MR) is 71.9 cm³/mol. The predicted octanol–water partition coefficient (Wildman–Crippen LogP) is 3.18. The highest BCUT2D eigenvalue weighted by molar-refractivity contribution is 9.10. The van der Waals surface area contributed by atoms with Gasteiger partial charge in [0.05, 0.1) is 0 Å². The Morgan fingerprint density at radius 2 is 2.00 bits per heavy atom. The third-order valence-electron chi connectivity index (χ3n) is 2.82. The summed E-state index contributed by atoms with van der Waals surface area (Å²) < 4.78 is 1.02. The molecule has 0 fully saturated rings. The number of benzene rings is 1. The molecule has 0 aliphatic carbocycles. The molecule has 4 heteroatoms. The molecule has 1 atom stereocenters. The fraction of sp³-hybridized carbons (Fsp3) is 0.462. The largest absolute Gasteiger partial charge is 0.480 e. The first-order valence-electron chi connectivity index (χ1n) is 5.71. The van der Waals surface area contributed by atoms with Crippen LogP contribution in [0.1, 0.15) is 32.3 Å². The Bertz CT molecular complexity index is 378. The SMILES string of the molecule is CCCC(C)(NCc1ccc(Br)cc1)C(=O)O. The average molecular weight is 300 g/mol. The van der Waals surface area contributed by atoms with Gasteiger partial charge in [0.1, 0.15) is 5.54 Å². The molecule has 2 N–H and O–H groups in total. The summed E-state index contributed by atoms with van der Waals surface area (Å²) in [5, 5.41) is 12.3. The second kappa shape index (κ2) is 6.17. The number of nitrogens with one attached hydrogen (secondary N) is 1. The molecule has 0 saturated carbocycles. The monoisotopic (exact) mass is 299 g/mol. The van der Waals surface area contributed by atoms with E-state index in [0.717, 1.165) is 16.5 Å². The van der Waals surface area contributed by atoms with Crippen molar-refractivity contribution in [2.45, 2.75) is 38.8 Å². The first-order valence-corrected chi connectivity index (χ1v) is 6.50. The summed E-state index contributed by atoms with van der Waals surface area (Å²) in [5.74, 6) is -0.795. The molecule has 3 nitrogen and oxygen atoms in total. The molecule has 0 aliphatic heterocycles. The van der Waals surface area contributed by atoms with Crippen LogP contribution in [0.15, 0.2) is 28.7 Å². The van der Waals surface area contributed by atoms with Crippen LogP contribution >= 0.6 is 15.9 Å². The van der Waals surface area contributed by atoms with Crippen molar-refractivity contribution >= 4 is 21.9 Å². The maximum Gasteiger partial charge on any atom is 0.323 e. The normalized spacial score (nSPS) is 14.3. The summed E-state index contributed by atoms with van der Waals surface area (Å²) in [6.45, 7) is 4.29. The van der Waals surface area contributed by atoms with Gasteiger partial charge in [0.2, 0.25) is 0 Å². The standard InChI is InChI=1S/C13H18BrNO2/c1-3-8-13(2,12(16)17)15-9-10-4-6-11(14)7-5-10/h4-7,15H,3,8-9H2,1-2H3,(H,16,17). The Balaban J connectivity index is 2.64. The van der Waals surface area contributed by atoms with Crippen molar-refractivity contribution in [2.75, 3.05) is 0 Å². The van der Waals surface area contributed by atoms with Crippen molar-refractivity contribution in [3.05, 3.63) is 34.3 Å². The summed E-state index contributed by atoms with van der Waals surface area (Å²) in [4.78, 5) is 11.2. The highest BCUT2D eigenvalue weighted by Crippen LogP contribution is 2.15. The minimum atomic E-state index is -0.845. The zero-order valence-electron chi connectivity index (χ0n) is 10.2. The van der Waals surface area contributed by atoms with Crippen LogP contribution < -0.4 is 5.32 Å². The number of hydrogen-bond acceptors (Lipinski definition) is 2. The number of carbonyl (C=O) groups is 1. The molecule has 0 aromatic heterocycles. The Kier molecular flexibility index (Phi) is 5.15. The highest BCUT2D eigenvalue weighted by atomic mass is 79.9. The van der Waals surface area contributed by atoms with Crippen molar-refractivity contribution in [1.29, 1.82) is 0 Å². The molecular formula is C13H18BrNO2. The first kappa shape index (κ1) is 14.2. The molecule has 0 radical (unpaired) electrons. The van der Waals surface area contributed by atoms with E-state index in [9.17, 15) is 9.90 Å². The quantitative estimate of drug-likeness (QED) is 0.848. The van der Waals surface area contributed by atoms with Crippen molar-refractivity contribution in [1.82, 2.24) is 5.32 Å². The van der Waals surface area contributed by atoms with Crippen molar-refractivity contribution < 1.29 is 9.90 Å². The van der Waals surface area contributed by atoms with Crippen molar-refractivity contribution in [2.24, 2.45) is 0 Å². The van der Waals surface area contributed by atoms with Gasteiger partial charge in [0.25, 0.3) is 0 Å². The van der Waals surface area contributed by atoms with Gasteiger partial charge in [-0.2, -0.15) is 0 Å². The van der Waals surface area contributed by atoms with Gasteiger partial charge in [-0.3, -0.25) is 10.1 Å². The Labute approximate surface area is 110 Å². The summed E-state index contributed by atoms with van der Waals surface area (Å²) in [6, 6.07) is 7.86. The fourth-order valence-corrected chi connectivity index (χ4v) is 1.93. The number of carboxylic acid groups (broad SMARTS) is 1. The lowest BCUT2D eigenvalue weighted by molar-refractivity contribution is -0.144. The van der Waals surface area contributed by atoms with Crippen molar-refractivity contribution in [3.8, 4) is 0 Å². The minimum Gasteiger partial charge on any atom is -0.480 e. The summed E-state index contributed by atoms with van der Waals surface area (Å²) in [5.41, 5.74) is 0.235. The Morgan fingerprint density at radius 3 is 2.47 bits per heavy atom. The topological polar surface area (TPSA) is 49.3 Å². The van der Waals surface area contributed by atoms with Crippen LogP contribution in [0.4, 0.5) is 0 Å². The molecule has 1 aromatic carbocycles. The Morgan fingerprint density at radius 1 is 1.41 bits per heavy atom. The van der Waals surface area contributed by atoms with Gasteiger partial charge in [-0.05, 0) is 31.0 Å². The summed E-state index contributed by atoms with van der Waals surface area (Å²) >= 11 is 3.37. The van der Waals surface area contributed by atoms with E-state index >= 15 is 0 Å². The molecule has 1 unspecified atom stereocenters. The molecule has 1 rings (SSSR count). The lowest BCUT2D eigenvalue weighted by Crippen LogP contribution is -2.48. The maximum absolute atomic E-state index is 11.2. The van der Waals surface area contributed by atoms with Crippen LogP contribution in [-0.2, 0) is 11.3 Å². The van der Waals surface area contributed by atoms with E-state index in [1.165, 1.54) is 0 Å². The number of aliphatic carboxylic acids is 1. The van der Waals surface area contributed by atoms with Crippen LogP contribution in [-0.4, -0.2) is 16.6 Å². The van der Waals surface area contributed by atoms with Gasteiger partial charge in [-0.15, -0.1) is 0 Å². The van der Waals surface area contributed by atoms with Crippen LogP contribution in [0.2, 0.25) is 0 Å². The van der Waals surface area contributed by atoms with E-state index < -0.39 is 11.5 Å². The van der Waals surface area contributed by atoms with Crippen LogP contribution in [0.25, 0.3) is 0 Å². The third-order valence-corrected chi connectivity index (χ3v) is 3.35. The van der Waals surface area contributed by atoms with Gasteiger partial charge in [0.15, 0.2) is 0 Å². The maximum atomic E-state index is 11.2. The first-order chi connectivity index (χ1) is 7.98. The zero-order chi connectivity index (χ0) is 12.9. The second-order valence-electron chi connectivity index (χ2n) is 4.37. The number of rotatable bonds is 6. The van der Waals surface area contributed by atoms with E-state index in [1.807, 2.05) is 31.2 Å². The van der Waals surface area contributed by atoms with Crippen molar-refractivity contribution in [3.63, 3.8) is 0 Å². The highest BCUT2D eigenvalue weighted by Gasteiger charge is 2.31. The lowest BCUT2D eigenvalue weighted by atomic mass is 9.96. The second-order valence-corrected chi connectivity index (χ2v) is 5.28. The van der Waals surface area contributed by atoms with Crippen LogP contribution in [0, 0.1) is 0 Å². The molecule has 0 heterocycles. The molecule has 0 amide bonds. The molecule has 94 valence electrons. The van der Waals surface area contributed by atoms with Gasteiger partial charge >= 0.3 is 5.97 Å². The van der Waals surface area contributed by atoms with E-state index in [4.69, 9.17) is 0 Å². The van der Waals surface area contributed by atoms with E-state index in [1.54, 1.807) is 6.92 Å². The third kappa shape index (κ3) is 4.13. The van der Waals surface area contributed by atoms with E-state index in [0.29, 0.717) is 13.0 Å². The van der Waals surface area contributed by atoms with E-state index in [-0.39, 0.29) is 0 Å².